The van der Waals surface area contributed by atoms with E-state index in [0.29, 0.717) is 48.9 Å². The first-order chi connectivity index (χ1) is 20.6. The van der Waals surface area contributed by atoms with Crippen LogP contribution < -0.4 is 20.7 Å². The number of rotatable bonds is 2. The maximum atomic E-state index is 15.9. The number of amides is 1. The fourth-order valence-electron chi connectivity index (χ4n) is 4.55. The molecule has 1 atom stereocenters. The Balaban J connectivity index is 1.64. The summed E-state index contributed by atoms with van der Waals surface area (Å²) in [5.74, 6) is -2.22. The molecule has 0 spiro atoms. The van der Waals surface area contributed by atoms with E-state index in [2.05, 4.69) is 31.0 Å². The fraction of sp³-hybridized carbons (Fsp3) is 0.286. The molecule has 1 unspecified atom stereocenters. The Bertz CT molecular complexity index is 1650. The normalized spacial score (nSPS) is 15.6. The third kappa shape index (κ3) is 6.70. The first-order valence-corrected chi connectivity index (χ1v) is 15.0. The van der Waals surface area contributed by atoms with E-state index in [1.54, 1.807) is 16.9 Å². The summed E-state index contributed by atoms with van der Waals surface area (Å²) in [4.78, 5) is 20.7. The lowest BCUT2D eigenvalue weighted by Crippen LogP contribution is -2.22. The van der Waals surface area contributed by atoms with Crippen molar-refractivity contribution in [3.63, 3.8) is 0 Å². The van der Waals surface area contributed by atoms with Crippen molar-refractivity contribution in [2.24, 2.45) is 0 Å². The lowest BCUT2D eigenvalue weighted by Gasteiger charge is -2.18. The van der Waals surface area contributed by atoms with E-state index in [0.717, 1.165) is 5.56 Å². The molecular weight excluding hydrogens is 589 g/mol. The van der Waals surface area contributed by atoms with Gasteiger partial charge in [-0.05, 0) is 42.9 Å². The molecule has 1 amide bonds. The Morgan fingerprint density at radius 1 is 1.16 bits per heavy atom. The van der Waals surface area contributed by atoms with E-state index in [-0.39, 0.29) is 17.2 Å². The Labute approximate surface area is 245 Å². The van der Waals surface area contributed by atoms with Crippen LogP contribution in [-0.4, -0.2) is 53.1 Å². The molecule has 2 aromatic carbocycles. The quantitative estimate of drug-likeness (QED) is 0.177. The van der Waals surface area contributed by atoms with E-state index in [9.17, 15) is 18.0 Å². The molecule has 0 radical (unpaired) electrons. The Kier molecular flexibility index (Phi) is 8.79. The first-order valence-electron chi connectivity index (χ1n) is 13.1. The van der Waals surface area contributed by atoms with Gasteiger partial charge in [-0.25, -0.2) is 9.37 Å². The first kappa shape index (κ1) is 30.2. The molecule has 5 heterocycles. The number of methoxy groups -OCH3 is 1. The second kappa shape index (κ2) is 12.5. The zero-order chi connectivity index (χ0) is 30.7. The molecule has 7 rings (SSSR count). The lowest BCUT2D eigenvalue weighted by atomic mass is 10.0. The summed E-state index contributed by atoms with van der Waals surface area (Å²) in [6, 6.07) is 8.06. The molecule has 2 aromatic heterocycles. The number of hydrogen-bond donors (Lipinski definition) is 3. The van der Waals surface area contributed by atoms with E-state index in [1.165, 1.54) is 32.5 Å². The number of anilines is 4. The Hall–Kier alpha value is -4.29. The summed E-state index contributed by atoms with van der Waals surface area (Å²) < 4.78 is 71.1. The Morgan fingerprint density at radius 3 is 2.70 bits per heavy atom. The van der Waals surface area contributed by atoms with Crippen molar-refractivity contribution in [2.75, 3.05) is 38.1 Å². The SMILES string of the molecule is CNC(=O)c1c2ccc(c1F)-c1cnn(c1)CCCOP(C)Cc1ccc(c(OC)c1)Nc1ncc(C(F)(F)F)c(n1)N2. The molecule has 3 aliphatic rings. The predicted molar refractivity (Wildman–Crippen MR) is 155 cm³/mol. The summed E-state index contributed by atoms with van der Waals surface area (Å²) in [6.45, 7) is 3.02. The molecule has 0 aliphatic carbocycles. The number of carbonyl (C=O) groups is 1. The maximum absolute atomic E-state index is 15.9. The molecule has 0 saturated carbocycles. The number of aryl methyl sites for hydroxylation is 1. The number of alkyl halides is 3. The van der Waals surface area contributed by atoms with Crippen LogP contribution in [0.15, 0.2) is 48.9 Å². The number of nitrogens with zero attached hydrogens (tertiary/aromatic N) is 4. The van der Waals surface area contributed by atoms with Gasteiger partial charge >= 0.3 is 6.18 Å². The van der Waals surface area contributed by atoms with Crippen LogP contribution >= 0.6 is 8.15 Å². The number of hydrogen-bond acceptors (Lipinski definition) is 8. The fourth-order valence-corrected chi connectivity index (χ4v) is 5.80. The van der Waals surface area contributed by atoms with Crippen LogP contribution in [0.5, 0.6) is 5.75 Å². The highest BCUT2D eigenvalue weighted by Crippen LogP contribution is 2.40. The van der Waals surface area contributed by atoms with Crippen LogP contribution in [-0.2, 0) is 23.4 Å². The van der Waals surface area contributed by atoms with Gasteiger partial charge in [-0.2, -0.15) is 23.3 Å². The number of nitrogens with one attached hydrogen (secondary N) is 3. The van der Waals surface area contributed by atoms with Gasteiger partial charge in [0.25, 0.3) is 5.91 Å². The van der Waals surface area contributed by atoms with Gasteiger partial charge in [0.2, 0.25) is 5.95 Å². The van der Waals surface area contributed by atoms with Gasteiger partial charge in [-0.3, -0.25) is 9.48 Å². The van der Waals surface area contributed by atoms with E-state index < -0.39 is 43.0 Å². The number of ether oxygens (including phenoxy) is 1. The molecule has 10 nitrogen and oxygen atoms in total. The maximum Gasteiger partial charge on any atom is 0.421 e. The van der Waals surface area contributed by atoms with Crippen LogP contribution in [0.4, 0.5) is 40.7 Å². The number of fused-ring (bicyclic) bond motifs is 2. The number of halogens is 4. The van der Waals surface area contributed by atoms with Crippen LogP contribution in [0.3, 0.4) is 0 Å². The number of benzene rings is 2. The van der Waals surface area contributed by atoms with Crippen molar-refractivity contribution in [2.45, 2.75) is 25.3 Å². The molecule has 0 fully saturated rings. The minimum absolute atomic E-state index is 0.0575. The van der Waals surface area contributed by atoms with Gasteiger partial charge < -0.3 is 25.2 Å². The molecule has 0 saturated heterocycles. The van der Waals surface area contributed by atoms with Crippen molar-refractivity contribution in [3.05, 3.63) is 71.4 Å². The Morgan fingerprint density at radius 2 is 1.95 bits per heavy atom. The second-order valence-corrected chi connectivity index (χ2v) is 11.5. The van der Waals surface area contributed by atoms with Crippen molar-refractivity contribution >= 4 is 37.2 Å². The average molecular weight is 618 g/mol. The van der Waals surface area contributed by atoms with Gasteiger partial charge in [0.05, 0.1) is 36.9 Å². The van der Waals surface area contributed by atoms with E-state index >= 15 is 4.39 Å². The standard InChI is InChI=1S/C28H28F4N7O3P/c1-33-26(40)23-21-8-6-18(24(23)29)17-12-35-39(14-17)9-4-10-42-43(3)15-16-5-7-20(22(11-16)41-2)37-27-34-13-19(28(30,31)32)25(36-21)38-27/h5-8,11-14H,4,9-10,15H2,1-3H3,(H,33,40)(H2,34,36,37,38). The van der Waals surface area contributed by atoms with E-state index in [1.807, 2.05) is 18.8 Å². The molecule has 15 heteroatoms. The molecular formula is C28H28F4N7O3P. The third-order valence-electron chi connectivity index (χ3n) is 6.65. The summed E-state index contributed by atoms with van der Waals surface area (Å²) in [5.41, 5.74) is -0.0890. The highest BCUT2D eigenvalue weighted by atomic mass is 31.1. The van der Waals surface area contributed by atoms with Gasteiger partial charge in [-0.1, -0.05) is 6.07 Å². The van der Waals surface area contributed by atoms with Crippen molar-refractivity contribution in [1.29, 1.82) is 0 Å². The van der Waals surface area contributed by atoms with Gasteiger partial charge in [0, 0.05) is 51.4 Å². The summed E-state index contributed by atoms with van der Waals surface area (Å²) in [5, 5.41) is 12.1. The lowest BCUT2D eigenvalue weighted by molar-refractivity contribution is -0.137. The van der Waals surface area contributed by atoms with Crippen LogP contribution in [0.1, 0.15) is 27.9 Å². The van der Waals surface area contributed by atoms with Gasteiger partial charge in [-0.15, -0.1) is 0 Å². The molecule has 4 aromatic rings. The van der Waals surface area contributed by atoms with Crippen LogP contribution in [0, 0.1) is 5.82 Å². The van der Waals surface area contributed by atoms with Crippen LogP contribution in [0.2, 0.25) is 0 Å². The molecule has 8 bridgehead atoms. The predicted octanol–water partition coefficient (Wildman–Crippen LogP) is 6.30. The average Bonchev–Trinajstić information content (AvgIpc) is 3.43. The third-order valence-corrected chi connectivity index (χ3v) is 8.08. The zero-order valence-electron chi connectivity index (χ0n) is 23.4. The minimum atomic E-state index is -4.86. The summed E-state index contributed by atoms with van der Waals surface area (Å²) >= 11 is 0. The van der Waals surface area contributed by atoms with Gasteiger partial charge in [0.15, 0.2) is 0 Å². The summed E-state index contributed by atoms with van der Waals surface area (Å²) in [7, 11) is 1.96. The van der Waals surface area contributed by atoms with Gasteiger partial charge in [0.1, 0.15) is 22.9 Å². The van der Waals surface area contributed by atoms with Crippen molar-refractivity contribution < 1.29 is 31.6 Å². The highest BCUT2D eigenvalue weighted by Gasteiger charge is 2.36. The van der Waals surface area contributed by atoms with Crippen molar-refractivity contribution in [3.8, 4) is 16.9 Å². The molecule has 3 N–H and O–H groups in total. The van der Waals surface area contributed by atoms with Crippen LogP contribution in [0.25, 0.3) is 11.1 Å². The molecule has 3 aliphatic heterocycles. The minimum Gasteiger partial charge on any atom is -0.495 e. The zero-order valence-corrected chi connectivity index (χ0v) is 24.3. The number of aromatic nitrogens is 4. The second-order valence-electron chi connectivity index (χ2n) is 9.63. The van der Waals surface area contributed by atoms with Crippen molar-refractivity contribution in [1.82, 2.24) is 25.1 Å². The summed E-state index contributed by atoms with van der Waals surface area (Å²) in [6.07, 6.45) is 0.170. The smallest absolute Gasteiger partial charge is 0.421 e. The largest absolute Gasteiger partial charge is 0.495 e. The molecule has 226 valence electrons. The highest BCUT2D eigenvalue weighted by molar-refractivity contribution is 7.50. The van der Waals surface area contributed by atoms with E-state index in [4.69, 9.17) is 9.26 Å². The monoisotopic (exact) mass is 617 g/mol. The number of carbonyl (C=O) groups excluding carboxylic acids is 1. The molecule has 43 heavy (non-hydrogen) atoms. The topological polar surface area (TPSA) is 115 Å².